The van der Waals surface area contributed by atoms with E-state index in [1.165, 1.54) is 0 Å². The molecule has 3 heteroatoms. The Hall–Kier alpha value is -0.570. The second-order valence-corrected chi connectivity index (χ2v) is 2.76. The van der Waals surface area contributed by atoms with Crippen LogP contribution >= 0.6 is 0 Å². The summed E-state index contributed by atoms with van der Waals surface area (Å²) in [6, 6.07) is 0. The van der Waals surface area contributed by atoms with E-state index in [1.54, 1.807) is 0 Å². The first-order chi connectivity index (χ1) is 5.16. The Kier molecular flexibility index (Phi) is 5.84. The Morgan fingerprint density at radius 1 is 1.64 bits per heavy atom. The van der Waals surface area contributed by atoms with Gasteiger partial charge in [-0.1, -0.05) is 13.3 Å². The van der Waals surface area contributed by atoms with Crippen LogP contribution < -0.4 is 5.73 Å². The van der Waals surface area contributed by atoms with Crippen molar-refractivity contribution in [2.75, 3.05) is 6.61 Å². The van der Waals surface area contributed by atoms with Crippen LogP contribution in [0.1, 0.15) is 33.1 Å². The number of unbranched alkanes of at least 4 members (excludes halogenated alkanes) is 1. The highest BCUT2D eigenvalue weighted by molar-refractivity contribution is 5.77. The SMILES string of the molecule is CCCCOC(C)CC(=N)N. The van der Waals surface area contributed by atoms with Gasteiger partial charge in [-0.25, -0.2) is 0 Å². The molecule has 0 radical (unpaired) electrons. The second kappa shape index (κ2) is 6.16. The molecule has 66 valence electrons. The summed E-state index contributed by atoms with van der Waals surface area (Å²) < 4.78 is 5.37. The van der Waals surface area contributed by atoms with Gasteiger partial charge < -0.3 is 10.5 Å². The molecule has 0 saturated heterocycles. The molecule has 0 aliphatic rings. The van der Waals surface area contributed by atoms with E-state index < -0.39 is 0 Å². The second-order valence-electron chi connectivity index (χ2n) is 2.76. The van der Waals surface area contributed by atoms with E-state index in [0.29, 0.717) is 6.42 Å². The van der Waals surface area contributed by atoms with Gasteiger partial charge in [-0.2, -0.15) is 0 Å². The van der Waals surface area contributed by atoms with Crippen molar-refractivity contribution in [2.24, 2.45) is 5.73 Å². The Balaban J connectivity index is 3.22. The zero-order valence-corrected chi connectivity index (χ0v) is 7.39. The van der Waals surface area contributed by atoms with Gasteiger partial charge in [-0.3, -0.25) is 5.41 Å². The van der Waals surface area contributed by atoms with Gasteiger partial charge in [0.05, 0.1) is 11.9 Å². The summed E-state index contributed by atoms with van der Waals surface area (Å²) >= 11 is 0. The standard InChI is InChI=1S/C8H18N2O/c1-3-4-5-11-7(2)6-8(9)10/h7H,3-6H2,1-2H3,(H3,9,10). The summed E-state index contributed by atoms with van der Waals surface area (Å²) in [6.45, 7) is 4.85. The summed E-state index contributed by atoms with van der Waals surface area (Å²) in [5.74, 6) is 0.203. The fourth-order valence-corrected chi connectivity index (χ4v) is 0.797. The molecule has 11 heavy (non-hydrogen) atoms. The predicted molar refractivity (Wildman–Crippen MR) is 46.9 cm³/mol. The largest absolute Gasteiger partial charge is 0.388 e. The molecule has 1 unspecified atom stereocenters. The number of hydrogen-bond acceptors (Lipinski definition) is 2. The lowest BCUT2D eigenvalue weighted by Gasteiger charge is -2.10. The van der Waals surface area contributed by atoms with Crippen molar-refractivity contribution in [3.05, 3.63) is 0 Å². The van der Waals surface area contributed by atoms with Crippen molar-refractivity contribution >= 4 is 5.84 Å². The maximum absolute atomic E-state index is 7.00. The van der Waals surface area contributed by atoms with Crippen molar-refractivity contribution in [3.63, 3.8) is 0 Å². The van der Waals surface area contributed by atoms with E-state index >= 15 is 0 Å². The monoisotopic (exact) mass is 158 g/mol. The highest BCUT2D eigenvalue weighted by Crippen LogP contribution is 1.98. The number of rotatable bonds is 6. The van der Waals surface area contributed by atoms with Gasteiger partial charge in [0.15, 0.2) is 0 Å². The molecule has 0 bridgehead atoms. The first-order valence-electron chi connectivity index (χ1n) is 4.11. The van der Waals surface area contributed by atoms with E-state index in [4.69, 9.17) is 15.9 Å². The highest BCUT2D eigenvalue weighted by Gasteiger charge is 2.02. The van der Waals surface area contributed by atoms with Gasteiger partial charge in [0.25, 0.3) is 0 Å². The molecule has 0 saturated carbocycles. The molecular formula is C8H18N2O. The molecular weight excluding hydrogens is 140 g/mol. The van der Waals surface area contributed by atoms with E-state index in [1.807, 2.05) is 6.92 Å². The van der Waals surface area contributed by atoms with Crippen molar-refractivity contribution in [2.45, 2.75) is 39.2 Å². The quantitative estimate of drug-likeness (QED) is 0.350. The molecule has 1 atom stereocenters. The van der Waals surface area contributed by atoms with Gasteiger partial charge in [-0.05, 0) is 13.3 Å². The highest BCUT2D eigenvalue weighted by atomic mass is 16.5. The van der Waals surface area contributed by atoms with Crippen LogP contribution in [0.5, 0.6) is 0 Å². The Bertz CT molecular complexity index is 115. The number of nitrogens with two attached hydrogens (primary N) is 1. The first kappa shape index (κ1) is 10.4. The molecule has 0 aromatic rings. The average Bonchev–Trinajstić information content (AvgIpc) is 1.86. The minimum absolute atomic E-state index is 0.0963. The summed E-state index contributed by atoms with van der Waals surface area (Å²) in [5, 5.41) is 7.00. The number of ether oxygens (including phenoxy) is 1. The van der Waals surface area contributed by atoms with Crippen molar-refractivity contribution in [3.8, 4) is 0 Å². The number of amidine groups is 1. The van der Waals surface area contributed by atoms with Gasteiger partial charge in [0.2, 0.25) is 0 Å². The lowest BCUT2D eigenvalue weighted by molar-refractivity contribution is 0.0687. The van der Waals surface area contributed by atoms with E-state index in [2.05, 4.69) is 6.92 Å². The minimum Gasteiger partial charge on any atom is -0.388 e. The summed E-state index contributed by atoms with van der Waals surface area (Å²) in [4.78, 5) is 0. The van der Waals surface area contributed by atoms with Gasteiger partial charge in [0.1, 0.15) is 0 Å². The van der Waals surface area contributed by atoms with E-state index in [-0.39, 0.29) is 11.9 Å². The van der Waals surface area contributed by atoms with Gasteiger partial charge in [-0.15, -0.1) is 0 Å². The van der Waals surface area contributed by atoms with Crippen molar-refractivity contribution < 1.29 is 4.74 Å². The third-order valence-electron chi connectivity index (χ3n) is 1.41. The fourth-order valence-electron chi connectivity index (χ4n) is 0.797. The fraction of sp³-hybridized carbons (Fsp3) is 0.875. The minimum atomic E-state index is 0.0963. The molecule has 0 aliphatic carbocycles. The molecule has 3 N–H and O–H groups in total. The van der Waals surface area contributed by atoms with Crippen LogP contribution in [0.4, 0.5) is 0 Å². The lowest BCUT2D eigenvalue weighted by atomic mass is 10.2. The Morgan fingerprint density at radius 2 is 2.27 bits per heavy atom. The maximum atomic E-state index is 7.00. The zero-order valence-electron chi connectivity index (χ0n) is 7.39. The van der Waals surface area contributed by atoms with Crippen LogP contribution in [0.15, 0.2) is 0 Å². The normalized spacial score (nSPS) is 12.9. The molecule has 0 aliphatic heterocycles. The first-order valence-corrected chi connectivity index (χ1v) is 4.11. The third-order valence-corrected chi connectivity index (χ3v) is 1.41. The molecule has 0 fully saturated rings. The molecule has 0 rings (SSSR count). The predicted octanol–water partition coefficient (Wildman–Crippen LogP) is 1.52. The van der Waals surface area contributed by atoms with Crippen LogP contribution in [0.25, 0.3) is 0 Å². The molecule has 0 heterocycles. The van der Waals surface area contributed by atoms with Crippen molar-refractivity contribution in [1.82, 2.24) is 0 Å². The van der Waals surface area contributed by atoms with Gasteiger partial charge in [0, 0.05) is 13.0 Å². The number of hydrogen-bond donors (Lipinski definition) is 2. The average molecular weight is 158 g/mol. The maximum Gasteiger partial charge on any atom is 0.0931 e. The van der Waals surface area contributed by atoms with Crippen LogP contribution in [0, 0.1) is 5.41 Å². The van der Waals surface area contributed by atoms with Crippen molar-refractivity contribution in [1.29, 1.82) is 5.41 Å². The van der Waals surface area contributed by atoms with Crippen LogP contribution in [0.3, 0.4) is 0 Å². The molecule has 3 nitrogen and oxygen atoms in total. The number of nitrogens with one attached hydrogen (secondary N) is 1. The topological polar surface area (TPSA) is 59.1 Å². The van der Waals surface area contributed by atoms with Crippen LogP contribution in [0.2, 0.25) is 0 Å². The summed E-state index contributed by atoms with van der Waals surface area (Å²) in [6.07, 6.45) is 2.87. The zero-order chi connectivity index (χ0) is 8.69. The molecule has 0 aromatic carbocycles. The van der Waals surface area contributed by atoms with Crippen LogP contribution in [-0.2, 0) is 4.74 Å². The Morgan fingerprint density at radius 3 is 2.73 bits per heavy atom. The van der Waals surface area contributed by atoms with E-state index in [0.717, 1.165) is 19.4 Å². The third kappa shape index (κ3) is 7.33. The molecule has 0 aromatic heterocycles. The summed E-state index contributed by atoms with van der Waals surface area (Å²) in [7, 11) is 0. The van der Waals surface area contributed by atoms with Gasteiger partial charge >= 0.3 is 0 Å². The summed E-state index contributed by atoms with van der Waals surface area (Å²) in [5.41, 5.74) is 5.20. The Labute approximate surface area is 68.4 Å². The smallest absolute Gasteiger partial charge is 0.0931 e. The van der Waals surface area contributed by atoms with Crippen LogP contribution in [-0.4, -0.2) is 18.5 Å². The lowest BCUT2D eigenvalue weighted by Crippen LogP contribution is -2.19. The molecule has 0 spiro atoms. The molecule has 0 amide bonds. The van der Waals surface area contributed by atoms with E-state index in [9.17, 15) is 0 Å².